The van der Waals surface area contributed by atoms with Crippen LogP contribution in [0.2, 0.25) is 0 Å². The van der Waals surface area contributed by atoms with Crippen molar-refractivity contribution >= 4 is 11.9 Å². The number of halogens is 4. The summed E-state index contributed by atoms with van der Waals surface area (Å²) in [5.74, 6) is -2.94. The van der Waals surface area contributed by atoms with Gasteiger partial charge in [0, 0.05) is 11.6 Å². The predicted molar refractivity (Wildman–Crippen MR) is 104 cm³/mol. The van der Waals surface area contributed by atoms with Gasteiger partial charge >= 0.3 is 12.1 Å². The molecule has 2 aromatic carbocycles. The summed E-state index contributed by atoms with van der Waals surface area (Å²) < 4.78 is 59.5. The van der Waals surface area contributed by atoms with Crippen LogP contribution in [0.25, 0.3) is 11.1 Å². The third-order valence-corrected chi connectivity index (χ3v) is 5.17. The Bertz CT molecular complexity index is 984. The van der Waals surface area contributed by atoms with Crippen LogP contribution >= 0.6 is 0 Å². The number of aliphatic carboxylic acids is 1. The van der Waals surface area contributed by atoms with Crippen molar-refractivity contribution in [1.29, 1.82) is 0 Å². The number of hydrogen-bond acceptors (Lipinski definition) is 3. The van der Waals surface area contributed by atoms with Crippen LogP contribution in [0, 0.1) is 5.82 Å². The van der Waals surface area contributed by atoms with E-state index >= 15 is 0 Å². The molecule has 0 aliphatic heterocycles. The van der Waals surface area contributed by atoms with Gasteiger partial charge in [0.15, 0.2) is 6.10 Å². The van der Waals surface area contributed by atoms with E-state index in [2.05, 4.69) is 5.32 Å². The predicted octanol–water partition coefficient (Wildman–Crippen LogP) is 5.04. The Morgan fingerprint density at radius 1 is 1.13 bits per heavy atom. The second-order valence-corrected chi connectivity index (χ2v) is 7.46. The number of carbonyl (C=O) groups excluding carboxylic acids is 1. The largest absolute Gasteiger partial charge is 0.479 e. The van der Waals surface area contributed by atoms with Gasteiger partial charge in [0.25, 0.3) is 5.91 Å². The molecule has 9 heteroatoms. The van der Waals surface area contributed by atoms with Crippen LogP contribution in [0.1, 0.15) is 48.5 Å². The number of carbonyl (C=O) groups is 2. The van der Waals surface area contributed by atoms with Crippen LogP contribution < -0.4 is 10.1 Å². The van der Waals surface area contributed by atoms with E-state index in [9.17, 15) is 27.2 Å². The summed E-state index contributed by atoms with van der Waals surface area (Å²) in [4.78, 5) is 23.4. The summed E-state index contributed by atoms with van der Waals surface area (Å²) in [6.45, 7) is 1.22. The SMILES string of the molecule is C[C@H](Oc1ccc(C(F)(F)F)cc1-c1ccc(C(=O)NC2CCCC2)c(F)c1)C(=O)O. The fourth-order valence-corrected chi connectivity index (χ4v) is 3.48. The molecule has 1 saturated carbocycles. The number of nitrogens with one attached hydrogen (secondary N) is 1. The van der Waals surface area contributed by atoms with Crippen molar-refractivity contribution in [2.45, 2.75) is 50.9 Å². The van der Waals surface area contributed by atoms with E-state index < -0.39 is 35.5 Å². The molecule has 2 aromatic rings. The van der Waals surface area contributed by atoms with E-state index in [0.29, 0.717) is 0 Å². The molecule has 1 atom stereocenters. The van der Waals surface area contributed by atoms with Crippen molar-refractivity contribution in [3.8, 4) is 16.9 Å². The molecule has 5 nitrogen and oxygen atoms in total. The molecule has 1 fully saturated rings. The van der Waals surface area contributed by atoms with Crippen molar-refractivity contribution in [3.63, 3.8) is 0 Å². The Kier molecular flexibility index (Phi) is 6.52. The Hall–Kier alpha value is -3.10. The zero-order valence-corrected chi connectivity index (χ0v) is 16.6. The van der Waals surface area contributed by atoms with Gasteiger partial charge in [0.1, 0.15) is 11.6 Å². The summed E-state index contributed by atoms with van der Waals surface area (Å²) in [5.41, 5.74) is -1.33. The maximum atomic E-state index is 14.7. The lowest BCUT2D eigenvalue weighted by molar-refractivity contribution is -0.144. The second kappa shape index (κ2) is 8.95. The third-order valence-electron chi connectivity index (χ3n) is 5.17. The molecule has 0 aromatic heterocycles. The van der Waals surface area contributed by atoms with Crippen LogP contribution in [0.5, 0.6) is 5.75 Å². The fourth-order valence-electron chi connectivity index (χ4n) is 3.48. The zero-order valence-electron chi connectivity index (χ0n) is 16.6. The molecule has 31 heavy (non-hydrogen) atoms. The standard InChI is InChI=1S/C22H21F4NO4/c1-12(21(29)30)31-19-9-7-14(22(24,25)26)11-17(19)13-6-8-16(18(23)10-13)20(28)27-15-4-2-3-5-15/h6-12,15H,2-5H2,1H3,(H,27,28)(H,29,30)/t12-/m0/s1. The monoisotopic (exact) mass is 439 g/mol. The minimum Gasteiger partial charge on any atom is -0.479 e. The second-order valence-electron chi connectivity index (χ2n) is 7.46. The van der Waals surface area contributed by atoms with Crippen molar-refractivity contribution in [1.82, 2.24) is 5.32 Å². The van der Waals surface area contributed by atoms with Gasteiger partial charge in [-0.3, -0.25) is 4.79 Å². The van der Waals surface area contributed by atoms with Gasteiger partial charge in [-0.1, -0.05) is 18.9 Å². The molecule has 3 rings (SSSR count). The number of rotatable bonds is 6. The van der Waals surface area contributed by atoms with Crippen molar-refractivity contribution in [2.24, 2.45) is 0 Å². The first-order valence-electron chi connectivity index (χ1n) is 9.77. The van der Waals surface area contributed by atoms with Crippen LogP contribution in [-0.4, -0.2) is 29.1 Å². The molecule has 1 aliphatic rings. The van der Waals surface area contributed by atoms with Crippen molar-refractivity contribution in [2.75, 3.05) is 0 Å². The molecule has 0 radical (unpaired) electrons. The van der Waals surface area contributed by atoms with Crippen LogP contribution in [0.15, 0.2) is 36.4 Å². The highest BCUT2D eigenvalue weighted by Gasteiger charge is 2.32. The summed E-state index contributed by atoms with van der Waals surface area (Å²) in [6, 6.07) is 5.94. The van der Waals surface area contributed by atoms with E-state index in [0.717, 1.165) is 49.9 Å². The summed E-state index contributed by atoms with van der Waals surface area (Å²) in [7, 11) is 0. The van der Waals surface area contributed by atoms with Gasteiger partial charge in [0.05, 0.1) is 11.1 Å². The Balaban J connectivity index is 1.96. The average molecular weight is 439 g/mol. The third kappa shape index (κ3) is 5.34. The first-order chi connectivity index (χ1) is 14.6. The Morgan fingerprint density at radius 2 is 1.81 bits per heavy atom. The Morgan fingerprint density at radius 3 is 2.39 bits per heavy atom. The molecule has 0 spiro atoms. The highest BCUT2D eigenvalue weighted by Crippen LogP contribution is 2.38. The van der Waals surface area contributed by atoms with Crippen LogP contribution in [0.4, 0.5) is 17.6 Å². The zero-order chi connectivity index (χ0) is 22.8. The maximum absolute atomic E-state index is 14.7. The molecule has 1 aliphatic carbocycles. The lowest BCUT2D eigenvalue weighted by Gasteiger charge is -2.17. The Labute approximate surface area is 176 Å². The summed E-state index contributed by atoms with van der Waals surface area (Å²) >= 11 is 0. The highest BCUT2D eigenvalue weighted by molar-refractivity contribution is 5.95. The molecule has 0 heterocycles. The average Bonchev–Trinajstić information content (AvgIpc) is 3.20. The number of alkyl halides is 3. The number of amides is 1. The van der Waals surface area contributed by atoms with E-state index in [4.69, 9.17) is 9.84 Å². The van der Waals surface area contributed by atoms with E-state index in [-0.39, 0.29) is 28.5 Å². The van der Waals surface area contributed by atoms with Gasteiger partial charge < -0.3 is 15.2 Å². The molecular weight excluding hydrogens is 418 g/mol. The van der Waals surface area contributed by atoms with Crippen molar-refractivity contribution < 1.29 is 37.0 Å². The number of carboxylic acids is 1. The van der Waals surface area contributed by atoms with Gasteiger partial charge in [-0.25, -0.2) is 9.18 Å². The fraction of sp³-hybridized carbons (Fsp3) is 0.364. The number of benzene rings is 2. The number of ether oxygens (including phenoxy) is 1. The maximum Gasteiger partial charge on any atom is 0.416 e. The molecular formula is C22H21F4NO4. The van der Waals surface area contributed by atoms with E-state index in [1.54, 1.807) is 0 Å². The molecule has 0 saturated heterocycles. The van der Waals surface area contributed by atoms with Crippen molar-refractivity contribution in [3.05, 3.63) is 53.3 Å². The van der Waals surface area contributed by atoms with Gasteiger partial charge in [0.2, 0.25) is 0 Å². The normalized spacial score (nSPS) is 15.5. The van der Waals surface area contributed by atoms with Gasteiger partial charge in [-0.05, 0) is 55.7 Å². The van der Waals surface area contributed by atoms with Gasteiger partial charge in [-0.2, -0.15) is 13.2 Å². The minimum absolute atomic E-state index is 0.0208. The summed E-state index contributed by atoms with van der Waals surface area (Å²) in [5, 5.41) is 11.8. The highest BCUT2D eigenvalue weighted by atomic mass is 19.4. The molecule has 2 N–H and O–H groups in total. The van der Waals surface area contributed by atoms with E-state index in [1.165, 1.54) is 19.1 Å². The summed E-state index contributed by atoms with van der Waals surface area (Å²) in [6.07, 6.45) is -2.39. The van der Waals surface area contributed by atoms with Gasteiger partial charge in [-0.15, -0.1) is 0 Å². The molecule has 166 valence electrons. The lowest BCUT2D eigenvalue weighted by Crippen LogP contribution is -2.33. The van der Waals surface area contributed by atoms with Crippen LogP contribution in [-0.2, 0) is 11.0 Å². The number of hydrogen-bond donors (Lipinski definition) is 2. The first kappa shape index (κ1) is 22.6. The van der Waals surface area contributed by atoms with E-state index in [1.807, 2.05) is 0 Å². The molecule has 0 bridgehead atoms. The van der Waals surface area contributed by atoms with Crippen LogP contribution in [0.3, 0.4) is 0 Å². The first-order valence-corrected chi connectivity index (χ1v) is 9.77. The smallest absolute Gasteiger partial charge is 0.416 e. The minimum atomic E-state index is -4.66. The number of carboxylic acid groups (broad SMARTS) is 1. The quantitative estimate of drug-likeness (QED) is 0.619. The molecule has 0 unspecified atom stereocenters. The topological polar surface area (TPSA) is 75.6 Å². The lowest BCUT2D eigenvalue weighted by atomic mass is 9.99. The molecule has 1 amide bonds.